The number of hydrogen-bond acceptors (Lipinski definition) is 7. The van der Waals surface area contributed by atoms with Gasteiger partial charge in [-0.05, 0) is 31.5 Å². The second-order valence-electron chi connectivity index (χ2n) is 6.08. The van der Waals surface area contributed by atoms with Crippen molar-refractivity contribution in [1.29, 1.82) is 0 Å². The minimum absolute atomic E-state index is 0.0734. The number of aryl methyl sites for hydroxylation is 1. The fraction of sp³-hybridized carbons (Fsp3) is 0.278. The van der Waals surface area contributed by atoms with Gasteiger partial charge in [0.2, 0.25) is 0 Å². The molecule has 1 aliphatic rings. The highest BCUT2D eigenvalue weighted by Crippen LogP contribution is 2.24. The van der Waals surface area contributed by atoms with Gasteiger partial charge in [-0.1, -0.05) is 6.07 Å². The minimum atomic E-state index is -3.73. The maximum Gasteiger partial charge on any atom is 0.262 e. The van der Waals surface area contributed by atoms with Gasteiger partial charge in [-0.25, -0.2) is 8.42 Å². The molecule has 3 N–H and O–H groups in total. The summed E-state index contributed by atoms with van der Waals surface area (Å²) in [5, 5.41) is 19.6. The topological polar surface area (TPSA) is 124 Å². The lowest BCUT2D eigenvalue weighted by Crippen LogP contribution is -2.29. The highest BCUT2D eigenvalue weighted by atomic mass is 32.2. The van der Waals surface area contributed by atoms with Gasteiger partial charge in [0.25, 0.3) is 10.0 Å². The average Bonchev–Trinajstić information content (AvgIpc) is 3.15. The average molecular weight is 388 g/mol. The maximum atomic E-state index is 12.5. The van der Waals surface area contributed by atoms with Crippen LogP contribution >= 0.6 is 0 Å². The van der Waals surface area contributed by atoms with Crippen LogP contribution in [0.5, 0.6) is 5.75 Å². The van der Waals surface area contributed by atoms with E-state index in [1.807, 2.05) is 0 Å². The van der Waals surface area contributed by atoms with Crippen molar-refractivity contribution in [1.82, 2.24) is 9.71 Å². The summed E-state index contributed by atoms with van der Waals surface area (Å²) in [5.41, 5.74) is 1.57. The third kappa shape index (κ3) is 4.32. The SMILES string of the molecule is Cc1ncc(CO)c(C=Nc2cccc(S(=O)(=O)NC3=NCCC3)c2)c1O. The molecule has 8 nitrogen and oxygen atoms in total. The molecule has 0 bridgehead atoms. The first-order valence-electron chi connectivity index (χ1n) is 8.39. The zero-order chi connectivity index (χ0) is 19.4. The van der Waals surface area contributed by atoms with Crippen LogP contribution in [0.3, 0.4) is 0 Å². The Morgan fingerprint density at radius 3 is 2.89 bits per heavy atom. The lowest BCUT2D eigenvalue weighted by atomic mass is 10.1. The summed E-state index contributed by atoms with van der Waals surface area (Å²) in [5.74, 6) is 0.392. The van der Waals surface area contributed by atoms with Crippen molar-refractivity contribution in [3.63, 3.8) is 0 Å². The molecule has 0 saturated heterocycles. The fourth-order valence-corrected chi connectivity index (χ4v) is 3.76. The molecule has 0 saturated carbocycles. The van der Waals surface area contributed by atoms with E-state index in [2.05, 4.69) is 19.7 Å². The molecular weight excluding hydrogens is 368 g/mol. The van der Waals surface area contributed by atoms with Crippen LogP contribution in [0.4, 0.5) is 5.69 Å². The summed E-state index contributed by atoms with van der Waals surface area (Å²) in [6.07, 6.45) is 4.30. The van der Waals surface area contributed by atoms with E-state index in [9.17, 15) is 18.6 Å². The highest BCUT2D eigenvalue weighted by molar-refractivity contribution is 7.90. The van der Waals surface area contributed by atoms with E-state index in [0.717, 1.165) is 6.42 Å². The summed E-state index contributed by atoms with van der Waals surface area (Å²) in [4.78, 5) is 12.4. The van der Waals surface area contributed by atoms with E-state index >= 15 is 0 Å². The van der Waals surface area contributed by atoms with Crippen molar-refractivity contribution in [2.24, 2.45) is 9.98 Å². The molecule has 1 aromatic heterocycles. The minimum Gasteiger partial charge on any atom is -0.505 e. The zero-order valence-corrected chi connectivity index (χ0v) is 15.6. The quantitative estimate of drug-likeness (QED) is 0.674. The van der Waals surface area contributed by atoms with Crippen LogP contribution in [0.1, 0.15) is 29.7 Å². The summed E-state index contributed by atoms with van der Waals surface area (Å²) >= 11 is 0. The normalized spacial score (nSPS) is 14.5. The predicted molar refractivity (Wildman–Crippen MR) is 102 cm³/mol. The first kappa shape index (κ1) is 19.0. The molecule has 0 aliphatic carbocycles. The second-order valence-corrected chi connectivity index (χ2v) is 7.76. The number of aromatic nitrogens is 1. The summed E-state index contributed by atoms with van der Waals surface area (Å²) in [6, 6.07) is 6.14. The van der Waals surface area contributed by atoms with Crippen LogP contribution in [0.25, 0.3) is 0 Å². The second kappa shape index (κ2) is 7.85. The molecule has 0 fully saturated rings. The number of amidine groups is 1. The standard InChI is InChI=1S/C18H20N4O4S/c1-12-18(24)16(13(11-23)9-20-12)10-21-14-4-2-5-15(8-14)27(25,26)22-17-6-3-7-19-17/h2,4-5,8-10,23-24H,3,6-7,11H2,1H3,(H,19,22). The summed E-state index contributed by atoms with van der Waals surface area (Å²) < 4.78 is 27.5. The number of nitrogens with zero attached hydrogens (tertiary/aromatic N) is 3. The number of aliphatic hydroxyl groups is 1. The Kier molecular flexibility index (Phi) is 5.52. The molecule has 142 valence electrons. The molecule has 1 aromatic carbocycles. The lowest BCUT2D eigenvalue weighted by molar-refractivity contribution is 0.280. The number of pyridine rings is 1. The van der Waals surface area contributed by atoms with Gasteiger partial charge < -0.3 is 10.2 Å². The van der Waals surface area contributed by atoms with Crippen molar-refractivity contribution in [2.75, 3.05) is 6.54 Å². The van der Waals surface area contributed by atoms with Gasteiger partial charge in [-0.15, -0.1) is 0 Å². The molecule has 0 atom stereocenters. The molecule has 0 unspecified atom stereocenters. The first-order chi connectivity index (χ1) is 12.9. The van der Waals surface area contributed by atoms with Gasteiger partial charge in [0.1, 0.15) is 11.6 Å². The van der Waals surface area contributed by atoms with Crippen LogP contribution < -0.4 is 4.72 Å². The first-order valence-corrected chi connectivity index (χ1v) is 9.87. The number of sulfonamides is 1. The van der Waals surface area contributed by atoms with E-state index in [0.29, 0.717) is 41.3 Å². The summed E-state index contributed by atoms with van der Waals surface area (Å²) in [6.45, 7) is 1.96. The van der Waals surface area contributed by atoms with Crippen LogP contribution in [0.15, 0.2) is 45.3 Å². The Morgan fingerprint density at radius 1 is 1.37 bits per heavy atom. The number of aliphatic hydroxyl groups excluding tert-OH is 1. The number of nitrogens with one attached hydrogen (secondary N) is 1. The van der Waals surface area contributed by atoms with Gasteiger partial charge in [0.15, 0.2) is 0 Å². The number of aliphatic imine (C=N–C) groups is 2. The van der Waals surface area contributed by atoms with Crippen molar-refractivity contribution in [3.05, 3.63) is 47.3 Å². The summed E-state index contributed by atoms with van der Waals surface area (Å²) in [7, 11) is -3.73. The third-order valence-electron chi connectivity index (χ3n) is 4.13. The van der Waals surface area contributed by atoms with Crippen LogP contribution in [-0.2, 0) is 16.6 Å². The molecule has 1 aliphatic heterocycles. The molecule has 3 rings (SSSR count). The van der Waals surface area contributed by atoms with E-state index in [1.54, 1.807) is 19.1 Å². The van der Waals surface area contributed by atoms with Gasteiger partial charge in [-0.2, -0.15) is 0 Å². The highest BCUT2D eigenvalue weighted by Gasteiger charge is 2.18. The monoisotopic (exact) mass is 388 g/mol. The van der Waals surface area contributed by atoms with Crippen LogP contribution in [0.2, 0.25) is 0 Å². The molecule has 0 amide bonds. The Hall–Kier alpha value is -2.78. The number of benzene rings is 1. The van der Waals surface area contributed by atoms with E-state index in [-0.39, 0.29) is 17.3 Å². The van der Waals surface area contributed by atoms with E-state index in [1.165, 1.54) is 24.5 Å². The lowest BCUT2D eigenvalue weighted by Gasteiger charge is -2.08. The Labute approximate surface area is 157 Å². The number of rotatable bonds is 5. The van der Waals surface area contributed by atoms with Crippen molar-refractivity contribution in [3.8, 4) is 5.75 Å². The molecule has 27 heavy (non-hydrogen) atoms. The maximum absolute atomic E-state index is 12.5. The van der Waals surface area contributed by atoms with Crippen molar-refractivity contribution >= 4 is 27.8 Å². The van der Waals surface area contributed by atoms with Gasteiger partial charge >= 0.3 is 0 Å². The molecule has 0 radical (unpaired) electrons. The van der Waals surface area contributed by atoms with Crippen molar-refractivity contribution < 1.29 is 18.6 Å². The zero-order valence-electron chi connectivity index (χ0n) is 14.8. The fourth-order valence-electron chi connectivity index (χ4n) is 2.63. The third-order valence-corrected chi connectivity index (χ3v) is 5.50. The van der Waals surface area contributed by atoms with Crippen molar-refractivity contribution in [2.45, 2.75) is 31.3 Å². The predicted octanol–water partition coefficient (Wildman–Crippen LogP) is 1.81. The number of aromatic hydroxyl groups is 1. The van der Waals surface area contributed by atoms with Crippen LogP contribution in [-0.4, -0.2) is 42.2 Å². The molecule has 2 aromatic rings. The largest absolute Gasteiger partial charge is 0.505 e. The Morgan fingerprint density at radius 2 is 2.19 bits per heavy atom. The van der Waals surface area contributed by atoms with Gasteiger partial charge in [-0.3, -0.25) is 19.7 Å². The van der Waals surface area contributed by atoms with E-state index < -0.39 is 10.0 Å². The van der Waals surface area contributed by atoms with Gasteiger partial charge in [0.05, 0.1) is 22.9 Å². The molecule has 2 heterocycles. The molecule has 0 spiro atoms. The van der Waals surface area contributed by atoms with Gasteiger partial charge in [0, 0.05) is 36.5 Å². The Balaban J connectivity index is 1.88. The smallest absolute Gasteiger partial charge is 0.262 e. The van der Waals surface area contributed by atoms with E-state index in [4.69, 9.17) is 0 Å². The van der Waals surface area contributed by atoms with Crippen LogP contribution in [0, 0.1) is 6.92 Å². The number of hydrogen-bond donors (Lipinski definition) is 3. The Bertz CT molecular complexity index is 1020. The molecular formula is C18H20N4O4S. The molecule has 9 heteroatoms.